The molecule has 0 saturated heterocycles. The van der Waals surface area contributed by atoms with E-state index < -0.39 is 0 Å². The zero-order chi connectivity index (χ0) is 16.1. The molecular weight excluding hydrogens is 288 g/mol. The minimum Gasteiger partial charge on any atom is -0.449 e. The van der Waals surface area contributed by atoms with Gasteiger partial charge in [-0.3, -0.25) is 0 Å². The number of cyclic esters (lactones) is 1. The molecule has 0 aliphatic carbocycles. The van der Waals surface area contributed by atoms with Crippen molar-refractivity contribution in [2.75, 3.05) is 19.0 Å². The minimum atomic E-state index is -0.344. The number of hydrogen-bond acceptors (Lipinski definition) is 3. The molecule has 1 unspecified atom stereocenters. The van der Waals surface area contributed by atoms with Crippen molar-refractivity contribution >= 4 is 22.6 Å². The molecule has 3 aromatic rings. The van der Waals surface area contributed by atoms with Gasteiger partial charge < -0.3 is 14.6 Å². The Morgan fingerprint density at radius 2 is 1.96 bits per heavy atom. The second-order valence-electron chi connectivity index (χ2n) is 6.19. The first kappa shape index (κ1) is 13.9. The van der Waals surface area contributed by atoms with Crippen LogP contribution in [0.3, 0.4) is 0 Å². The van der Waals surface area contributed by atoms with Crippen LogP contribution in [0.1, 0.15) is 33.2 Å². The van der Waals surface area contributed by atoms with Gasteiger partial charge >= 0.3 is 5.97 Å². The molecule has 23 heavy (non-hydrogen) atoms. The number of benzene rings is 2. The van der Waals surface area contributed by atoms with E-state index in [0.29, 0.717) is 5.56 Å². The Kier molecular flexibility index (Phi) is 2.94. The van der Waals surface area contributed by atoms with E-state index in [2.05, 4.69) is 18.0 Å². The molecule has 1 aliphatic heterocycles. The van der Waals surface area contributed by atoms with Crippen molar-refractivity contribution < 1.29 is 9.53 Å². The van der Waals surface area contributed by atoms with Crippen molar-refractivity contribution in [2.24, 2.45) is 0 Å². The smallest absolute Gasteiger partial charge is 0.339 e. The summed E-state index contributed by atoms with van der Waals surface area (Å²) in [6.45, 7) is 2.08. The first-order valence-corrected chi connectivity index (χ1v) is 7.65. The number of anilines is 1. The van der Waals surface area contributed by atoms with Crippen molar-refractivity contribution in [1.29, 1.82) is 0 Å². The molecule has 1 atom stereocenters. The van der Waals surface area contributed by atoms with E-state index in [4.69, 9.17) is 4.74 Å². The monoisotopic (exact) mass is 306 g/mol. The van der Waals surface area contributed by atoms with Gasteiger partial charge in [-0.25, -0.2) is 4.79 Å². The van der Waals surface area contributed by atoms with Crippen LogP contribution >= 0.6 is 0 Å². The second kappa shape index (κ2) is 4.88. The maximum atomic E-state index is 12.3. The van der Waals surface area contributed by atoms with Crippen molar-refractivity contribution in [2.45, 2.75) is 13.0 Å². The minimum absolute atomic E-state index is 0.253. The number of ether oxygens (including phenoxy) is 1. The van der Waals surface area contributed by atoms with E-state index in [1.807, 2.05) is 55.5 Å². The van der Waals surface area contributed by atoms with Crippen LogP contribution in [0.5, 0.6) is 0 Å². The quantitative estimate of drug-likeness (QED) is 0.732. The highest BCUT2D eigenvalue weighted by Gasteiger charge is 2.34. The van der Waals surface area contributed by atoms with Crippen LogP contribution < -0.4 is 4.90 Å². The number of carbonyl (C=O) groups excluding carboxylic acids is 1. The summed E-state index contributed by atoms with van der Waals surface area (Å²) in [6, 6.07) is 12.1. The largest absolute Gasteiger partial charge is 0.449 e. The van der Waals surface area contributed by atoms with Crippen molar-refractivity contribution in [3.8, 4) is 0 Å². The SMILES string of the molecule is Cc1cccc2[nH]cc(C3OC(=O)c4cc(N(C)C)ccc43)c12. The van der Waals surface area contributed by atoms with E-state index >= 15 is 0 Å². The van der Waals surface area contributed by atoms with Crippen LogP contribution in [-0.4, -0.2) is 25.0 Å². The Morgan fingerprint density at radius 3 is 2.74 bits per heavy atom. The highest BCUT2D eigenvalue weighted by atomic mass is 16.5. The fraction of sp³-hybridized carbons (Fsp3) is 0.211. The summed E-state index contributed by atoms with van der Waals surface area (Å²) in [7, 11) is 3.92. The van der Waals surface area contributed by atoms with E-state index in [1.165, 1.54) is 5.56 Å². The third-order valence-corrected chi connectivity index (χ3v) is 4.51. The van der Waals surface area contributed by atoms with Crippen molar-refractivity contribution in [3.05, 3.63) is 64.8 Å². The molecule has 2 aromatic carbocycles. The maximum Gasteiger partial charge on any atom is 0.339 e. The number of nitrogens with zero attached hydrogens (tertiary/aromatic N) is 1. The van der Waals surface area contributed by atoms with E-state index in [9.17, 15) is 4.79 Å². The van der Waals surface area contributed by atoms with E-state index in [1.54, 1.807) is 0 Å². The highest BCUT2D eigenvalue weighted by molar-refractivity contribution is 5.97. The average Bonchev–Trinajstić information content (AvgIpc) is 3.09. The van der Waals surface area contributed by atoms with Gasteiger partial charge in [-0.2, -0.15) is 0 Å². The molecule has 116 valence electrons. The molecule has 0 saturated carbocycles. The number of aromatic nitrogens is 1. The number of hydrogen-bond donors (Lipinski definition) is 1. The molecule has 2 heterocycles. The Labute approximate surface area is 134 Å². The molecule has 1 N–H and O–H groups in total. The standard InChI is InChI=1S/C19H18N2O2/c1-11-5-4-6-16-17(11)15(10-20-16)18-13-8-7-12(21(2)3)9-14(13)19(22)23-18/h4-10,18,20H,1-3H3. The van der Waals surface area contributed by atoms with Crippen LogP contribution in [0.4, 0.5) is 5.69 Å². The van der Waals surface area contributed by atoms with Gasteiger partial charge in [0, 0.05) is 48.0 Å². The molecule has 1 aliphatic rings. The lowest BCUT2D eigenvalue weighted by Gasteiger charge is -2.14. The van der Waals surface area contributed by atoms with E-state index in [0.717, 1.165) is 27.7 Å². The first-order chi connectivity index (χ1) is 11.1. The molecule has 1 aromatic heterocycles. The van der Waals surface area contributed by atoms with Gasteiger partial charge in [0.15, 0.2) is 6.10 Å². The summed E-state index contributed by atoms with van der Waals surface area (Å²) in [4.78, 5) is 17.6. The van der Waals surface area contributed by atoms with Crippen LogP contribution in [0, 0.1) is 6.92 Å². The lowest BCUT2D eigenvalue weighted by molar-refractivity contribution is 0.0458. The number of aryl methyl sites for hydroxylation is 1. The first-order valence-electron chi connectivity index (χ1n) is 7.65. The Balaban J connectivity index is 1.88. The summed E-state index contributed by atoms with van der Waals surface area (Å²) >= 11 is 0. The molecule has 4 rings (SSSR count). The topological polar surface area (TPSA) is 45.3 Å². The molecule has 0 bridgehead atoms. The third-order valence-electron chi connectivity index (χ3n) is 4.51. The van der Waals surface area contributed by atoms with Crippen molar-refractivity contribution in [1.82, 2.24) is 4.98 Å². The van der Waals surface area contributed by atoms with E-state index in [-0.39, 0.29) is 12.1 Å². The summed E-state index contributed by atoms with van der Waals surface area (Å²) < 4.78 is 5.70. The molecule has 0 amide bonds. The lowest BCUT2D eigenvalue weighted by Crippen LogP contribution is -2.09. The number of esters is 1. The Morgan fingerprint density at radius 1 is 1.13 bits per heavy atom. The van der Waals surface area contributed by atoms with Crippen LogP contribution in [0.25, 0.3) is 10.9 Å². The van der Waals surface area contributed by atoms with Gasteiger partial charge in [0.2, 0.25) is 0 Å². The zero-order valence-electron chi connectivity index (χ0n) is 13.4. The lowest BCUT2D eigenvalue weighted by atomic mass is 9.96. The Bertz CT molecular complexity index is 924. The number of fused-ring (bicyclic) bond motifs is 2. The van der Waals surface area contributed by atoms with Gasteiger partial charge in [-0.1, -0.05) is 18.2 Å². The second-order valence-corrected chi connectivity index (χ2v) is 6.19. The maximum absolute atomic E-state index is 12.3. The Hall–Kier alpha value is -2.75. The summed E-state index contributed by atoms with van der Waals surface area (Å²) in [5, 5.41) is 1.13. The number of nitrogens with one attached hydrogen (secondary N) is 1. The number of rotatable bonds is 2. The summed E-state index contributed by atoms with van der Waals surface area (Å²) in [5.41, 5.74) is 5.84. The van der Waals surface area contributed by atoms with Gasteiger partial charge in [0.1, 0.15) is 0 Å². The zero-order valence-corrected chi connectivity index (χ0v) is 13.4. The van der Waals surface area contributed by atoms with Crippen LogP contribution in [-0.2, 0) is 4.74 Å². The number of carbonyl (C=O) groups is 1. The molecular formula is C19H18N2O2. The van der Waals surface area contributed by atoms with Crippen LogP contribution in [0.2, 0.25) is 0 Å². The summed E-state index contributed by atoms with van der Waals surface area (Å²) in [6.07, 6.45) is 1.61. The molecule has 4 nitrogen and oxygen atoms in total. The van der Waals surface area contributed by atoms with Gasteiger partial charge in [-0.15, -0.1) is 0 Å². The van der Waals surface area contributed by atoms with Gasteiger partial charge in [-0.05, 0) is 30.7 Å². The third kappa shape index (κ3) is 2.02. The normalized spacial score (nSPS) is 16.5. The highest BCUT2D eigenvalue weighted by Crippen LogP contribution is 2.40. The average molecular weight is 306 g/mol. The molecule has 0 radical (unpaired) electrons. The van der Waals surface area contributed by atoms with Crippen molar-refractivity contribution in [3.63, 3.8) is 0 Å². The predicted molar refractivity (Wildman–Crippen MR) is 91.1 cm³/mol. The summed E-state index contributed by atoms with van der Waals surface area (Å²) in [5.74, 6) is -0.253. The fourth-order valence-electron chi connectivity index (χ4n) is 3.30. The number of H-pyrrole nitrogens is 1. The molecule has 0 fully saturated rings. The fourth-order valence-corrected chi connectivity index (χ4v) is 3.30. The number of aromatic amines is 1. The molecule has 4 heteroatoms. The molecule has 0 spiro atoms. The van der Waals surface area contributed by atoms with Gasteiger partial charge in [0.25, 0.3) is 0 Å². The van der Waals surface area contributed by atoms with Gasteiger partial charge in [0.05, 0.1) is 5.56 Å². The predicted octanol–water partition coefficient (Wildman–Crippen LogP) is 3.80. The van der Waals surface area contributed by atoms with Crippen LogP contribution in [0.15, 0.2) is 42.6 Å².